The maximum absolute atomic E-state index is 12.8. The van der Waals surface area contributed by atoms with Crippen LogP contribution in [0, 0.1) is 11.8 Å². The lowest BCUT2D eigenvalue weighted by Gasteiger charge is -2.45. The SMILES string of the molecule is CCC1C(O)C(COC(=O)/C(C)=C/C=C/C(C)=C/C=C/C=C(C)/C=C/C=C(\C)C(=O)O)OC(COCC2C(C(=O)O)OC(OC)C(O)C2O)C1NC(C)=O. The van der Waals surface area contributed by atoms with Crippen LogP contribution in [0.4, 0.5) is 0 Å². The fourth-order valence-electron chi connectivity index (χ4n) is 5.85. The van der Waals surface area contributed by atoms with Gasteiger partial charge in [-0.25, -0.2) is 14.4 Å². The van der Waals surface area contributed by atoms with Gasteiger partial charge in [0, 0.05) is 37.0 Å². The van der Waals surface area contributed by atoms with Gasteiger partial charge in [0.1, 0.15) is 24.9 Å². The van der Waals surface area contributed by atoms with Gasteiger partial charge in [0.25, 0.3) is 0 Å². The number of esters is 1. The van der Waals surface area contributed by atoms with E-state index in [2.05, 4.69) is 5.32 Å². The Kier molecular flexibility index (Phi) is 19.5. The molecular formula is C39H55NO14. The third-order valence-corrected chi connectivity index (χ3v) is 8.96. The Bertz CT molecular complexity index is 1510. The van der Waals surface area contributed by atoms with Gasteiger partial charge < -0.3 is 54.5 Å². The lowest BCUT2D eigenvalue weighted by atomic mass is 9.82. The number of aliphatic carboxylic acids is 2. The zero-order valence-corrected chi connectivity index (χ0v) is 31.8. The van der Waals surface area contributed by atoms with Gasteiger partial charge in [-0.3, -0.25) is 4.79 Å². The second kappa shape index (κ2) is 22.9. The minimum atomic E-state index is -1.55. The zero-order valence-electron chi connectivity index (χ0n) is 31.8. The van der Waals surface area contributed by atoms with Crippen LogP contribution in [0.25, 0.3) is 0 Å². The number of allylic oxidation sites excluding steroid dienone is 12. The summed E-state index contributed by atoms with van der Waals surface area (Å²) in [5.74, 6) is -5.06. The average Bonchev–Trinajstić information content (AvgIpc) is 3.11. The Morgan fingerprint density at radius 3 is 1.81 bits per heavy atom. The van der Waals surface area contributed by atoms with Gasteiger partial charge in [-0.15, -0.1) is 0 Å². The molecule has 2 aliphatic rings. The van der Waals surface area contributed by atoms with Crippen LogP contribution in [-0.2, 0) is 42.9 Å². The van der Waals surface area contributed by atoms with Crippen LogP contribution in [0.3, 0.4) is 0 Å². The molecule has 54 heavy (non-hydrogen) atoms. The Morgan fingerprint density at radius 2 is 1.30 bits per heavy atom. The summed E-state index contributed by atoms with van der Waals surface area (Å²) in [7, 11) is 1.21. The monoisotopic (exact) mass is 761 g/mol. The van der Waals surface area contributed by atoms with Gasteiger partial charge in [0.15, 0.2) is 12.4 Å². The molecule has 2 heterocycles. The van der Waals surface area contributed by atoms with E-state index >= 15 is 0 Å². The van der Waals surface area contributed by atoms with Gasteiger partial charge in [-0.1, -0.05) is 78.8 Å². The smallest absolute Gasteiger partial charge is 0.333 e. The van der Waals surface area contributed by atoms with E-state index in [1.54, 1.807) is 37.3 Å². The van der Waals surface area contributed by atoms with E-state index in [1.807, 2.05) is 45.1 Å². The summed E-state index contributed by atoms with van der Waals surface area (Å²) in [5.41, 5.74) is 2.36. The van der Waals surface area contributed by atoms with Crippen LogP contribution < -0.4 is 5.32 Å². The van der Waals surface area contributed by atoms with Crippen LogP contribution in [0.2, 0.25) is 0 Å². The Hall–Kier alpha value is -4.22. The number of ether oxygens (including phenoxy) is 5. The number of nitrogens with one attached hydrogen (secondary N) is 1. The van der Waals surface area contributed by atoms with Crippen LogP contribution in [0.1, 0.15) is 48.0 Å². The summed E-state index contributed by atoms with van der Waals surface area (Å²) in [6.45, 7) is 9.13. The lowest BCUT2D eigenvalue weighted by molar-refractivity contribution is -0.282. The van der Waals surface area contributed by atoms with E-state index in [4.69, 9.17) is 28.8 Å². The molecule has 15 heteroatoms. The van der Waals surface area contributed by atoms with Crippen molar-refractivity contribution in [2.45, 2.75) is 96.9 Å². The van der Waals surface area contributed by atoms with Gasteiger partial charge >= 0.3 is 17.9 Å². The number of aliphatic hydroxyl groups is 3. The van der Waals surface area contributed by atoms with Crippen molar-refractivity contribution in [1.29, 1.82) is 0 Å². The van der Waals surface area contributed by atoms with Gasteiger partial charge in [-0.05, 0) is 34.1 Å². The molecule has 0 bridgehead atoms. The van der Waals surface area contributed by atoms with E-state index < -0.39 is 78.7 Å². The van der Waals surface area contributed by atoms with Gasteiger partial charge in [0.05, 0.1) is 31.5 Å². The maximum Gasteiger partial charge on any atom is 0.333 e. The molecule has 300 valence electrons. The summed E-state index contributed by atoms with van der Waals surface area (Å²) in [6, 6.07) is -0.715. The first kappa shape index (κ1) is 45.9. The van der Waals surface area contributed by atoms with E-state index in [-0.39, 0.29) is 31.3 Å². The predicted molar refractivity (Wildman–Crippen MR) is 197 cm³/mol. The molecule has 2 saturated heterocycles. The first-order valence-corrected chi connectivity index (χ1v) is 17.6. The lowest BCUT2D eigenvalue weighted by Crippen LogP contribution is -2.62. The minimum absolute atomic E-state index is 0.206. The normalized spacial score (nSPS) is 30.3. The van der Waals surface area contributed by atoms with Crippen molar-refractivity contribution < 1.29 is 68.4 Å². The number of carboxylic acids is 2. The van der Waals surface area contributed by atoms with Crippen molar-refractivity contribution in [2.75, 3.05) is 26.9 Å². The largest absolute Gasteiger partial charge is 0.479 e. The fourth-order valence-corrected chi connectivity index (χ4v) is 5.85. The minimum Gasteiger partial charge on any atom is -0.479 e. The highest BCUT2D eigenvalue weighted by atomic mass is 16.7. The molecule has 0 spiro atoms. The van der Waals surface area contributed by atoms with Crippen molar-refractivity contribution in [3.8, 4) is 0 Å². The molecule has 10 unspecified atom stereocenters. The standard InChI is InChI=1S/C39H55NO14/c1-8-27-31(40-26(6)41)29(20-51-19-28-33(43)34(44)39(50-7)54-35(28)37(47)48)53-30(32(27)42)21-52-38(49)25(5)18-12-16-23(3)14-10-9-13-22(2)15-11-17-24(4)36(45)46/h9-18,27-35,39,42-44H,8,19-21H2,1-7H3,(H,40,41)(H,45,46)(H,47,48)/b10-9+,15-11+,16-12+,22-13+,23-14+,24-17+,25-18+. The summed E-state index contributed by atoms with van der Waals surface area (Å²) >= 11 is 0. The molecule has 6 N–H and O–H groups in total. The van der Waals surface area contributed by atoms with E-state index in [0.29, 0.717) is 12.0 Å². The third-order valence-electron chi connectivity index (χ3n) is 8.96. The number of aliphatic hydroxyl groups excluding tert-OH is 3. The average molecular weight is 762 g/mol. The molecule has 1 amide bonds. The first-order valence-electron chi connectivity index (χ1n) is 17.6. The topological polar surface area (TPSA) is 228 Å². The molecular weight excluding hydrogens is 706 g/mol. The number of hydrogen-bond acceptors (Lipinski definition) is 12. The van der Waals surface area contributed by atoms with E-state index in [1.165, 1.54) is 27.0 Å². The molecule has 0 radical (unpaired) electrons. The highest BCUT2D eigenvalue weighted by Crippen LogP contribution is 2.31. The summed E-state index contributed by atoms with van der Waals surface area (Å²) in [5, 5.41) is 53.5. The highest BCUT2D eigenvalue weighted by Gasteiger charge is 2.49. The molecule has 0 saturated carbocycles. The Labute approximate surface area is 316 Å². The number of amides is 1. The van der Waals surface area contributed by atoms with Crippen LogP contribution >= 0.6 is 0 Å². The number of methoxy groups -OCH3 is 1. The number of carboxylic acid groups (broad SMARTS) is 2. The van der Waals surface area contributed by atoms with Crippen molar-refractivity contribution in [2.24, 2.45) is 11.8 Å². The molecule has 0 aromatic carbocycles. The van der Waals surface area contributed by atoms with Crippen LogP contribution in [0.15, 0.2) is 83.1 Å². The van der Waals surface area contributed by atoms with Crippen molar-refractivity contribution >= 4 is 23.8 Å². The summed E-state index contributed by atoms with van der Waals surface area (Å²) in [4.78, 5) is 47.7. The van der Waals surface area contributed by atoms with Gasteiger partial charge in [-0.2, -0.15) is 0 Å². The van der Waals surface area contributed by atoms with Crippen molar-refractivity contribution in [3.63, 3.8) is 0 Å². The quantitative estimate of drug-likeness (QED) is 0.0671. The predicted octanol–water partition coefficient (Wildman–Crippen LogP) is 2.54. The number of rotatable bonds is 18. The molecule has 10 atom stereocenters. The second-order valence-corrected chi connectivity index (χ2v) is 13.2. The zero-order chi connectivity index (χ0) is 40.5. The van der Waals surface area contributed by atoms with Crippen molar-refractivity contribution in [3.05, 3.63) is 83.1 Å². The number of carbonyl (C=O) groups is 4. The number of hydrogen-bond donors (Lipinski definition) is 6. The molecule has 2 fully saturated rings. The maximum atomic E-state index is 12.8. The second-order valence-electron chi connectivity index (χ2n) is 13.2. The molecule has 15 nitrogen and oxygen atoms in total. The van der Waals surface area contributed by atoms with Crippen LogP contribution in [0.5, 0.6) is 0 Å². The van der Waals surface area contributed by atoms with Crippen molar-refractivity contribution in [1.82, 2.24) is 5.32 Å². The summed E-state index contributed by atoms with van der Waals surface area (Å²) < 4.78 is 27.6. The molecule has 2 rings (SSSR count). The third kappa shape index (κ3) is 14.2. The Balaban J connectivity index is 2.05. The summed E-state index contributed by atoms with van der Waals surface area (Å²) in [6.07, 6.45) is 8.97. The molecule has 2 aliphatic heterocycles. The van der Waals surface area contributed by atoms with E-state index in [9.17, 15) is 39.6 Å². The first-order chi connectivity index (χ1) is 25.5. The molecule has 0 aromatic rings. The molecule has 0 aromatic heterocycles. The van der Waals surface area contributed by atoms with Gasteiger partial charge in [0.2, 0.25) is 5.91 Å². The Morgan fingerprint density at radius 1 is 0.704 bits per heavy atom. The number of carbonyl (C=O) groups excluding carboxylic acids is 2. The molecule has 0 aliphatic carbocycles. The fraction of sp³-hybridized carbons (Fsp3) is 0.538. The highest BCUT2D eigenvalue weighted by molar-refractivity contribution is 5.88. The van der Waals surface area contributed by atoms with E-state index in [0.717, 1.165) is 11.1 Å². The van der Waals surface area contributed by atoms with Crippen LogP contribution in [-0.4, -0.2) is 125 Å².